The predicted octanol–water partition coefficient (Wildman–Crippen LogP) is 4.11. The van der Waals surface area contributed by atoms with E-state index in [-0.39, 0.29) is 22.1 Å². The van der Waals surface area contributed by atoms with Gasteiger partial charge in [0.15, 0.2) is 16.8 Å². The summed E-state index contributed by atoms with van der Waals surface area (Å²) >= 11 is 1.18. The molecule has 0 saturated heterocycles. The SMILES string of the molecule is C=CCNS(=O)(=O)c1ccc(C(=O)Nc2nc(-c3ccc(F)c(F)c3)c(C)s2)cc1. The summed E-state index contributed by atoms with van der Waals surface area (Å²) in [7, 11) is -3.68. The fraction of sp³-hybridized carbons (Fsp3) is 0.100. The maximum absolute atomic E-state index is 13.5. The van der Waals surface area contributed by atoms with Gasteiger partial charge in [-0.25, -0.2) is 26.9 Å². The second-order valence-corrected chi connectivity index (χ2v) is 9.14. The van der Waals surface area contributed by atoms with Gasteiger partial charge in [-0.3, -0.25) is 10.1 Å². The van der Waals surface area contributed by atoms with E-state index in [0.717, 1.165) is 12.1 Å². The lowest BCUT2D eigenvalue weighted by atomic mass is 10.1. The Kier molecular flexibility index (Phi) is 6.40. The second-order valence-electron chi connectivity index (χ2n) is 6.17. The van der Waals surface area contributed by atoms with Crippen molar-refractivity contribution in [1.82, 2.24) is 9.71 Å². The summed E-state index contributed by atoms with van der Waals surface area (Å²) in [5.41, 5.74) is 1.06. The van der Waals surface area contributed by atoms with Crippen LogP contribution in [0.4, 0.5) is 13.9 Å². The summed E-state index contributed by atoms with van der Waals surface area (Å²) in [6, 6.07) is 8.87. The van der Waals surface area contributed by atoms with E-state index in [4.69, 9.17) is 0 Å². The van der Waals surface area contributed by atoms with E-state index in [1.807, 2.05) is 0 Å². The normalized spacial score (nSPS) is 11.3. The highest BCUT2D eigenvalue weighted by atomic mass is 32.2. The minimum atomic E-state index is -3.68. The van der Waals surface area contributed by atoms with E-state index >= 15 is 0 Å². The van der Waals surface area contributed by atoms with E-state index < -0.39 is 27.6 Å². The standard InChI is InChI=1S/C20H17F2N3O3S2/c1-3-10-23-30(27,28)15-7-4-13(5-8-15)19(26)25-20-24-18(12(2)29-20)14-6-9-16(21)17(22)11-14/h3-9,11,23H,1,10H2,2H3,(H,24,25,26). The molecule has 3 rings (SSSR count). The van der Waals surface area contributed by atoms with E-state index in [9.17, 15) is 22.0 Å². The lowest BCUT2D eigenvalue weighted by Crippen LogP contribution is -2.23. The molecule has 6 nitrogen and oxygen atoms in total. The number of aryl methyl sites for hydroxylation is 1. The number of halogens is 2. The van der Waals surface area contributed by atoms with Crippen LogP contribution < -0.4 is 10.0 Å². The summed E-state index contributed by atoms with van der Waals surface area (Å²) in [6.45, 7) is 5.29. The molecule has 1 aromatic heterocycles. The minimum absolute atomic E-state index is 0.0200. The van der Waals surface area contributed by atoms with Gasteiger partial charge in [-0.05, 0) is 49.4 Å². The molecule has 0 spiro atoms. The first-order valence-corrected chi connectivity index (χ1v) is 11.0. The Morgan fingerprint density at radius 3 is 2.50 bits per heavy atom. The fourth-order valence-electron chi connectivity index (χ4n) is 2.57. The van der Waals surface area contributed by atoms with Crippen molar-refractivity contribution >= 4 is 32.4 Å². The van der Waals surface area contributed by atoms with Crippen molar-refractivity contribution in [3.63, 3.8) is 0 Å². The molecule has 3 aromatic rings. The molecule has 0 aliphatic heterocycles. The summed E-state index contributed by atoms with van der Waals surface area (Å²) in [5.74, 6) is -2.42. The van der Waals surface area contributed by atoms with Crippen molar-refractivity contribution in [2.75, 3.05) is 11.9 Å². The van der Waals surface area contributed by atoms with Gasteiger partial charge in [0.05, 0.1) is 10.6 Å². The van der Waals surface area contributed by atoms with Gasteiger partial charge in [0.2, 0.25) is 10.0 Å². The van der Waals surface area contributed by atoms with E-state index in [1.54, 1.807) is 6.92 Å². The van der Waals surface area contributed by atoms with E-state index in [0.29, 0.717) is 16.1 Å². The Hall–Kier alpha value is -2.95. The Bertz CT molecular complexity index is 1210. The molecule has 30 heavy (non-hydrogen) atoms. The number of nitrogens with one attached hydrogen (secondary N) is 2. The molecule has 10 heteroatoms. The summed E-state index contributed by atoms with van der Waals surface area (Å²) in [6.07, 6.45) is 1.42. The highest BCUT2D eigenvalue weighted by Gasteiger charge is 2.16. The number of nitrogens with zero attached hydrogens (tertiary/aromatic N) is 1. The highest BCUT2D eigenvalue weighted by molar-refractivity contribution is 7.89. The van der Waals surface area contributed by atoms with Crippen molar-refractivity contribution in [3.05, 3.63) is 77.2 Å². The van der Waals surface area contributed by atoms with E-state index in [2.05, 4.69) is 21.6 Å². The molecule has 0 aliphatic carbocycles. The number of hydrogen-bond acceptors (Lipinski definition) is 5. The number of benzene rings is 2. The Labute approximate surface area is 176 Å². The Balaban J connectivity index is 1.76. The molecular formula is C20H17F2N3O3S2. The third kappa shape index (κ3) is 4.78. The number of amides is 1. The Morgan fingerprint density at radius 1 is 1.17 bits per heavy atom. The molecule has 2 aromatic carbocycles. The quantitative estimate of drug-likeness (QED) is 0.532. The largest absolute Gasteiger partial charge is 0.298 e. The first-order valence-electron chi connectivity index (χ1n) is 8.66. The maximum atomic E-state index is 13.5. The average Bonchev–Trinajstić information content (AvgIpc) is 3.08. The molecule has 0 radical (unpaired) electrons. The lowest BCUT2D eigenvalue weighted by molar-refractivity contribution is 0.102. The number of anilines is 1. The summed E-state index contributed by atoms with van der Waals surface area (Å²) in [4.78, 5) is 17.5. The first-order chi connectivity index (χ1) is 14.2. The third-order valence-corrected chi connectivity index (χ3v) is 6.38. The molecule has 156 valence electrons. The zero-order chi connectivity index (χ0) is 21.9. The molecule has 1 heterocycles. The van der Waals surface area contributed by atoms with Crippen LogP contribution in [0.1, 0.15) is 15.2 Å². The molecule has 2 N–H and O–H groups in total. The van der Waals surface area contributed by atoms with Crippen molar-refractivity contribution in [1.29, 1.82) is 0 Å². The molecule has 1 amide bonds. The van der Waals surface area contributed by atoms with Crippen molar-refractivity contribution in [2.45, 2.75) is 11.8 Å². The van der Waals surface area contributed by atoms with Gasteiger partial charge in [-0.1, -0.05) is 6.08 Å². The van der Waals surface area contributed by atoms with Crippen LogP contribution in [0, 0.1) is 18.6 Å². The number of rotatable bonds is 7. The predicted molar refractivity (Wildman–Crippen MR) is 112 cm³/mol. The molecule has 0 atom stereocenters. The Morgan fingerprint density at radius 2 is 1.87 bits per heavy atom. The number of carbonyl (C=O) groups is 1. The van der Waals surface area contributed by atoms with E-state index in [1.165, 1.54) is 47.7 Å². The molecule has 0 aliphatic rings. The average molecular weight is 450 g/mol. The molecule has 0 saturated carbocycles. The van der Waals surface area contributed by atoms with Gasteiger partial charge in [-0.15, -0.1) is 17.9 Å². The zero-order valence-electron chi connectivity index (χ0n) is 15.8. The van der Waals surface area contributed by atoms with Crippen LogP contribution in [-0.2, 0) is 10.0 Å². The number of carbonyl (C=O) groups excluding carboxylic acids is 1. The van der Waals surface area contributed by atoms with Crippen molar-refractivity contribution in [2.24, 2.45) is 0 Å². The molecule has 0 fully saturated rings. The van der Waals surface area contributed by atoms with Crippen molar-refractivity contribution < 1.29 is 22.0 Å². The molecule has 0 bridgehead atoms. The van der Waals surface area contributed by atoms with Crippen LogP contribution in [0.15, 0.2) is 60.0 Å². The monoisotopic (exact) mass is 449 g/mol. The lowest BCUT2D eigenvalue weighted by Gasteiger charge is -2.06. The number of sulfonamides is 1. The van der Waals surface area contributed by atoms with Crippen LogP contribution in [0.3, 0.4) is 0 Å². The molecular weight excluding hydrogens is 432 g/mol. The maximum Gasteiger partial charge on any atom is 0.257 e. The minimum Gasteiger partial charge on any atom is -0.298 e. The van der Waals surface area contributed by atoms with Crippen LogP contribution in [0.25, 0.3) is 11.3 Å². The number of thiazole rings is 1. The van der Waals surface area contributed by atoms with Crippen LogP contribution in [0.2, 0.25) is 0 Å². The van der Waals surface area contributed by atoms with Gasteiger partial charge in [0.25, 0.3) is 5.91 Å². The van der Waals surface area contributed by atoms with Crippen molar-refractivity contribution in [3.8, 4) is 11.3 Å². The number of aromatic nitrogens is 1. The van der Waals surface area contributed by atoms with Crippen LogP contribution >= 0.6 is 11.3 Å². The van der Waals surface area contributed by atoms with Gasteiger partial charge in [0.1, 0.15) is 0 Å². The third-order valence-electron chi connectivity index (χ3n) is 4.05. The van der Waals surface area contributed by atoms with Crippen LogP contribution in [0.5, 0.6) is 0 Å². The smallest absolute Gasteiger partial charge is 0.257 e. The zero-order valence-corrected chi connectivity index (χ0v) is 17.4. The van der Waals surface area contributed by atoms with Gasteiger partial charge in [0, 0.05) is 22.5 Å². The van der Waals surface area contributed by atoms with Gasteiger partial charge < -0.3 is 0 Å². The number of hydrogen-bond donors (Lipinski definition) is 2. The highest BCUT2D eigenvalue weighted by Crippen LogP contribution is 2.31. The first kappa shape index (κ1) is 21.8. The summed E-state index contributed by atoms with van der Waals surface area (Å²) in [5, 5.41) is 2.91. The topological polar surface area (TPSA) is 88.2 Å². The molecule has 0 unspecified atom stereocenters. The van der Waals surface area contributed by atoms with Crippen LogP contribution in [-0.4, -0.2) is 25.9 Å². The van der Waals surface area contributed by atoms with Gasteiger partial charge >= 0.3 is 0 Å². The van der Waals surface area contributed by atoms with Gasteiger partial charge in [-0.2, -0.15) is 0 Å². The second kappa shape index (κ2) is 8.82. The summed E-state index contributed by atoms with van der Waals surface area (Å²) < 4.78 is 53.1. The fourth-order valence-corrected chi connectivity index (χ4v) is 4.40.